The summed E-state index contributed by atoms with van der Waals surface area (Å²) >= 11 is 7.32. The number of para-hydroxylation sites is 1. The molecule has 2 heterocycles. The van der Waals surface area contributed by atoms with Crippen molar-refractivity contribution in [2.75, 3.05) is 0 Å². The molecule has 4 rings (SSSR count). The molecule has 0 bridgehead atoms. The van der Waals surface area contributed by atoms with E-state index in [1.54, 1.807) is 60.7 Å². The number of hydrogen-bond donors (Lipinski definition) is 1. The summed E-state index contributed by atoms with van der Waals surface area (Å²) < 4.78 is 7.18. The second-order valence-corrected chi connectivity index (χ2v) is 8.10. The molecular weight excluding hydrogens is 446 g/mol. The second kappa shape index (κ2) is 9.52. The molecule has 8 heteroatoms. The molecule has 0 saturated carbocycles. The largest absolute Gasteiger partial charge is 0.467 e. The van der Waals surface area contributed by atoms with E-state index in [1.165, 1.54) is 10.8 Å². The summed E-state index contributed by atoms with van der Waals surface area (Å²) in [5.41, 5.74) is 0.707. The lowest BCUT2D eigenvalue weighted by atomic mass is 10.2. The molecule has 6 nitrogen and oxygen atoms in total. The Morgan fingerprint density at radius 2 is 1.88 bits per heavy atom. The first-order chi connectivity index (χ1) is 15.6. The van der Waals surface area contributed by atoms with Crippen LogP contribution in [0.15, 0.2) is 82.2 Å². The molecule has 4 aromatic rings. The third-order valence-electron chi connectivity index (χ3n) is 4.59. The first-order valence-corrected chi connectivity index (χ1v) is 10.8. The minimum atomic E-state index is -0.598. The highest BCUT2D eigenvalue weighted by molar-refractivity contribution is 7.07. The molecule has 0 unspecified atom stereocenters. The Labute approximate surface area is 191 Å². The number of rotatable bonds is 5. The van der Waals surface area contributed by atoms with E-state index in [-0.39, 0.29) is 22.3 Å². The molecule has 0 radical (unpaired) electrons. The van der Waals surface area contributed by atoms with Crippen molar-refractivity contribution in [3.05, 3.63) is 109 Å². The molecule has 2 aromatic carbocycles. The number of furan rings is 1. The molecule has 2 aromatic heterocycles. The van der Waals surface area contributed by atoms with Crippen molar-refractivity contribution in [1.29, 1.82) is 5.26 Å². The fourth-order valence-electron chi connectivity index (χ4n) is 3.06. The first-order valence-electron chi connectivity index (χ1n) is 9.57. The summed E-state index contributed by atoms with van der Waals surface area (Å²) in [6.45, 7) is 0.122. The number of carbonyl (C=O) groups is 1. The Balaban J connectivity index is 1.92. The van der Waals surface area contributed by atoms with Gasteiger partial charge in [0.25, 0.3) is 11.5 Å². The predicted molar refractivity (Wildman–Crippen MR) is 124 cm³/mol. The van der Waals surface area contributed by atoms with Crippen molar-refractivity contribution in [2.24, 2.45) is 0 Å². The van der Waals surface area contributed by atoms with Crippen molar-refractivity contribution in [3.8, 4) is 11.8 Å². The monoisotopic (exact) mass is 461 g/mol. The molecule has 0 aliphatic heterocycles. The number of amides is 1. The smallest absolute Gasteiger partial charge is 0.273 e. The summed E-state index contributed by atoms with van der Waals surface area (Å²) in [7, 11) is 0. The SMILES string of the molecule is N#C/C(C(=O)NCc1ccco1)=c1\s/c(=C\c2ccccc2Cl)c(=O)n1-c1ccccc1. The van der Waals surface area contributed by atoms with E-state index < -0.39 is 5.91 Å². The number of nitriles is 1. The normalized spacial score (nSPS) is 12.3. The number of nitrogens with zero attached hydrogens (tertiary/aromatic N) is 2. The molecular formula is C24H16ClN3O3S. The van der Waals surface area contributed by atoms with Gasteiger partial charge in [-0.05, 0) is 42.0 Å². The van der Waals surface area contributed by atoms with Crippen LogP contribution < -0.4 is 20.1 Å². The number of aromatic nitrogens is 1. The van der Waals surface area contributed by atoms with Crippen LogP contribution >= 0.6 is 22.9 Å². The molecule has 0 aliphatic rings. The van der Waals surface area contributed by atoms with Crippen LogP contribution in [0.4, 0.5) is 0 Å². The lowest BCUT2D eigenvalue weighted by molar-refractivity contribution is -0.115. The number of halogens is 1. The van der Waals surface area contributed by atoms with Gasteiger partial charge in [0.1, 0.15) is 16.5 Å². The highest BCUT2D eigenvalue weighted by Crippen LogP contribution is 2.15. The number of hydrogen-bond acceptors (Lipinski definition) is 5. The number of thiazole rings is 1. The van der Waals surface area contributed by atoms with Crippen molar-refractivity contribution in [1.82, 2.24) is 9.88 Å². The van der Waals surface area contributed by atoms with Gasteiger partial charge in [-0.3, -0.25) is 14.2 Å². The minimum absolute atomic E-state index is 0.122. The van der Waals surface area contributed by atoms with Crippen LogP contribution in [-0.2, 0) is 11.3 Å². The van der Waals surface area contributed by atoms with E-state index in [2.05, 4.69) is 5.32 Å². The van der Waals surface area contributed by atoms with Crippen LogP contribution in [0, 0.1) is 11.3 Å². The maximum Gasteiger partial charge on any atom is 0.273 e. The van der Waals surface area contributed by atoms with Crippen LogP contribution in [0.1, 0.15) is 11.3 Å². The third-order valence-corrected chi connectivity index (χ3v) is 6.02. The summed E-state index contributed by atoms with van der Waals surface area (Å²) in [6, 6.07) is 21.4. The predicted octanol–water partition coefficient (Wildman–Crippen LogP) is 2.96. The van der Waals surface area contributed by atoms with Gasteiger partial charge in [-0.2, -0.15) is 5.26 Å². The Morgan fingerprint density at radius 3 is 2.56 bits per heavy atom. The van der Waals surface area contributed by atoms with Gasteiger partial charge in [0.15, 0.2) is 5.57 Å². The lowest BCUT2D eigenvalue weighted by Gasteiger charge is -2.04. The zero-order valence-corrected chi connectivity index (χ0v) is 18.2. The molecule has 0 atom stereocenters. The van der Waals surface area contributed by atoms with Gasteiger partial charge in [0.2, 0.25) is 0 Å². The van der Waals surface area contributed by atoms with E-state index in [0.717, 1.165) is 11.3 Å². The van der Waals surface area contributed by atoms with E-state index in [0.29, 0.717) is 26.6 Å². The van der Waals surface area contributed by atoms with Crippen LogP contribution in [0.25, 0.3) is 17.3 Å². The number of carbonyl (C=O) groups excluding carboxylic acids is 1. The van der Waals surface area contributed by atoms with Gasteiger partial charge >= 0.3 is 0 Å². The van der Waals surface area contributed by atoms with E-state index in [4.69, 9.17) is 16.0 Å². The van der Waals surface area contributed by atoms with Gasteiger partial charge < -0.3 is 9.73 Å². The summed E-state index contributed by atoms with van der Waals surface area (Å²) in [5.74, 6) is -0.0471. The fourth-order valence-corrected chi connectivity index (χ4v) is 4.34. The second-order valence-electron chi connectivity index (χ2n) is 6.66. The number of benzene rings is 2. The Bertz CT molecular complexity index is 1480. The molecule has 1 N–H and O–H groups in total. The van der Waals surface area contributed by atoms with Gasteiger partial charge in [-0.15, -0.1) is 11.3 Å². The fraction of sp³-hybridized carbons (Fsp3) is 0.0417. The van der Waals surface area contributed by atoms with Gasteiger partial charge in [-0.1, -0.05) is 48.0 Å². The third kappa shape index (κ3) is 4.42. The quantitative estimate of drug-likeness (QED) is 0.495. The Hall–Kier alpha value is -3.86. The molecule has 32 heavy (non-hydrogen) atoms. The van der Waals surface area contributed by atoms with E-state index in [1.807, 2.05) is 18.2 Å². The van der Waals surface area contributed by atoms with Gasteiger partial charge in [-0.25, -0.2) is 0 Å². The van der Waals surface area contributed by atoms with Crippen molar-refractivity contribution in [2.45, 2.75) is 6.54 Å². The summed E-state index contributed by atoms with van der Waals surface area (Å²) in [5, 5.41) is 13.0. The van der Waals surface area contributed by atoms with Crippen LogP contribution in [-0.4, -0.2) is 10.5 Å². The minimum Gasteiger partial charge on any atom is -0.467 e. The average molecular weight is 462 g/mol. The van der Waals surface area contributed by atoms with E-state index >= 15 is 0 Å². The first kappa shape index (κ1) is 21.4. The van der Waals surface area contributed by atoms with Gasteiger partial charge in [0.05, 0.1) is 23.0 Å². The highest BCUT2D eigenvalue weighted by atomic mass is 35.5. The Morgan fingerprint density at radius 1 is 1.12 bits per heavy atom. The molecule has 0 saturated heterocycles. The molecule has 0 fully saturated rings. The maximum atomic E-state index is 13.3. The highest BCUT2D eigenvalue weighted by Gasteiger charge is 2.17. The lowest BCUT2D eigenvalue weighted by Crippen LogP contribution is -2.33. The van der Waals surface area contributed by atoms with Crippen molar-refractivity contribution < 1.29 is 9.21 Å². The zero-order valence-electron chi connectivity index (χ0n) is 16.6. The molecule has 0 spiro atoms. The zero-order chi connectivity index (χ0) is 22.5. The topological polar surface area (TPSA) is 88.0 Å². The van der Waals surface area contributed by atoms with Crippen LogP contribution in [0.2, 0.25) is 5.02 Å². The number of nitrogens with one attached hydrogen (secondary N) is 1. The molecule has 0 aliphatic carbocycles. The standard InChI is InChI=1S/C24H16ClN3O3S/c25-20-11-5-4-7-16(20)13-21-23(30)28(17-8-2-1-3-9-17)24(32-21)19(14-26)22(29)27-15-18-10-6-12-31-18/h1-13H,15H2,(H,27,29)/b21-13-,24-19+. The van der Waals surface area contributed by atoms with Crippen molar-refractivity contribution in [3.63, 3.8) is 0 Å². The Kier molecular flexibility index (Phi) is 6.36. The van der Waals surface area contributed by atoms with E-state index in [9.17, 15) is 14.9 Å². The van der Waals surface area contributed by atoms with Crippen LogP contribution in [0.3, 0.4) is 0 Å². The average Bonchev–Trinajstić information content (AvgIpc) is 3.43. The summed E-state index contributed by atoms with van der Waals surface area (Å²) in [4.78, 5) is 26.2. The maximum absolute atomic E-state index is 13.3. The molecule has 158 valence electrons. The van der Waals surface area contributed by atoms with Crippen molar-refractivity contribution >= 4 is 40.5 Å². The molecule has 1 amide bonds. The summed E-state index contributed by atoms with van der Waals surface area (Å²) in [6.07, 6.45) is 3.16. The van der Waals surface area contributed by atoms with Gasteiger partial charge in [0, 0.05) is 5.02 Å². The van der Waals surface area contributed by atoms with Crippen LogP contribution in [0.5, 0.6) is 0 Å².